The van der Waals surface area contributed by atoms with Crippen LogP contribution in [-0.4, -0.2) is 21.4 Å². The van der Waals surface area contributed by atoms with Crippen molar-refractivity contribution in [2.75, 3.05) is 0 Å². The number of aryl methyl sites for hydroxylation is 1. The van der Waals surface area contributed by atoms with Crippen molar-refractivity contribution in [3.8, 4) is 0 Å². The van der Waals surface area contributed by atoms with Gasteiger partial charge in [-0.3, -0.25) is 24.3 Å². The Bertz CT molecular complexity index is 779. The van der Waals surface area contributed by atoms with Crippen molar-refractivity contribution < 1.29 is 9.59 Å². The van der Waals surface area contributed by atoms with Crippen LogP contribution in [0.1, 0.15) is 24.7 Å². The maximum absolute atomic E-state index is 12.5. The molecule has 0 spiro atoms. The van der Waals surface area contributed by atoms with Crippen molar-refractivity contribution in [2.24, 2.45) is 0 Å². The van der Waals surface area contributed by atoms with Crippen LogP contribution in [0.15, 0.2) is 29.1 Å². The van der Waals surface area contributed by atoms with Crippen LogP contribution in [0.2, 0.25) is 0 Å². The van der Waals surface area contributed by atoms with Gasteiger partial charge in [0.1, 0.15) is 11.9 Å². The van der Waals surface area contributed by atoms with Crippen molar-refractivity contribution >= 4 is 22.7 Å². The molecule has 2 aromatic rings. The van der Waals surface area contributed by atoms with Crippen LogP contribution in [0, 0.1) is 6.92 Å². The third kappa shape index (κ3) is 1.89. The van der Waals surface area contributed by atoms with Crippen LogP contribution in [0.25, 0.3) is 10.9 Å². The number of carbonyl (C=O) groups excluding carboxylic acids is 2. The molecule has 0 radical (unpaired) electrons. The van der Waals surface area contributed by atoms with Gasteiger partial charge in [-0.25, -0.2) is 4.98 Å². The molecule has 6 nitrogen and oxygen atoms in total. The second kappa shape index (κ2) is 4.56. The number of piperidine rings is 1. The average Bonchev–Trinajstić information content (AvgIpc) is 2.41. The summed E-state index contributed by atoms with van der Waals surface area (Å²) in [5.74, 6) is -0.266. The Morgan fingerprint density at radius 2 is 2.00 bits per heavy atom. The van der Waals surface area contributed by atoms with E-state index in [1.807, 2.05) is 6.07 Å². The highest BCUT2D eigenvalue weighted by atomic mass is 16.2. The van der Waals surface area contributed by atoms with Gasteiger partial charge in [0.2, 0.25) is 11.8 Å². The summed E-state index contributed by atoms with van der Waals surface area (Å²) in [6, 6.07) is 6.35. The molecule has 0 bridgehead atoms. The predicted molar refractivity (Wildman–Crippen MR) is 72.2 cm³/mol. The molecule has 1 aliphatic heterocycles. The molecule has 2 amide bonds. The molecule has 3 rings (SSSR count). The maximum Gasteiger partial charge on any atom is 0.262 e. The van der Waals surface area contributed by atoms with Gasteiger partial charge in [-0.15, -0.1) is 0 Å². The number of aromatic nitrogens is 2. The van der Waals surface area contributed by atoms with E-state index in [0.717, 1.165) is 0 Å². The fourth-order valence-electron chi connectivity index (χ4n) is 2.55. The minimum absolute atomic E-state index is 0.231. The molecule has 1 aromatic carbocycles. The van der Waals surface area contributed by atoms with E-state index < -0.39 is 11.9 Å². The van der Waals surface area contributed by atoms with E-state index in [1.54, 1.807) is 25.1 Å². The van der Waals surface area contributed by atoms with Crippen LogP contribution in [0.5, 0.6) is 0 Å². The topological polar surface area (TPSA) is 81.1 Å². The summed E-state index contributed by atoms with van der Waals surface area (Å²) in [5, 5.41) is 2.74. The monoisotopic (exact) mass is 271 g/mol. The molecule has 6 heteroatoms. The van der Waals surface area contributed by atoms with E-state index in [4.69, 9.17) is 0 Å². The Morgan fingerprint density at radius 1 is 1.25 bits per heavy atom. The van der Waals surface area contributed by atoms with Gasteiger partial charge in [0.25, 0.3) is 5.56 Å². The minimum atomic E-state index is -0.669. The molecule has 1 saturated heterocycles. The van der Waals surface area contributed by atoms with Gasteiger partial charge >= 0.3 is 0 Å². The second-order valence-electron chi connectivity index (χ2n) is 4.82. The van der Waals surface area contributed by atoms with Crippen LogP contribution < -0.4 is 10.9 Å². The van der Waals surface area contributed by atoms with Crippen molar-refractivity contribution in [2.45, 2.75) is 25.8 Å². The van der Waals surface area contributed by atoms with Gasteiger partial charge in [0, 0.05) is 6.42 Å². The van der Waals surface area contributed by atoms with Gasteiger partial charge in [-0.2, -0.15) is 0 Å². The number of benzene rings is 1. The molecular formula is C14H13N3O3. The average molecular weight is 271 g/mol. The number of amides is 2. The summed E-state index contributed by atoms with van der Waals surface area (Å²) in [6.07, 6.45) is 0.556. The number of carbonyl (C=O) groups is 2. The lowest BCUT2D eigenvalue weighted by molar-refractivity contribution is -0.135. The van der Waals surface area contributed by atoms with Gasteiger partial charge < -0.3 is 0 Å². The Labute approximate surface area is 114 Å². The van der Waals surface area contributed by atoms with Gasteiger partial charge in [0.05, 0.1) is 10.9 Å². The minimum Gasteiger partial charge on any atom is -0.295 e. The highest BCUT2D eigenvalue weighted by Crippen LogP contribution is 2.19. The molecular weight excluding hydrogens is 258 g/mol. The lowest BCUT2D eigenvalue weighted by Crippen LogP contribution is -2.45. The van der Waals surface area contributed by atoms with E-state index in [9.17, 15) is 14.4 Å². The Morgan fingerprint density at radius 3 is 2.75 bits per heavy atom. The summed E-state index contributed by atoms with van der Waals surface area (Å²) >= 11 is 0. The fourth-order valence-corrected chi connectivity index (χ4v) is 2.55. The van der Waals surface area contributed by atoms with E-state index in [1.165, 1.54) is 4.57 Å². The molecule has 1 aromatic heterocycles. The van der Waals surface area contributed by atoms with E-state index >= 15 is 0 Å². The molecule has 102 valence electrons. The number of para-hydroxylation sites is 1. The third-order valence-corrected chi connectivity index (χ3v) is 3.51. The molecule has 0 aliphatic carbocycles. The van der Waals surface area contributed by atoms with Crippen molar-refractivity contribution in [1.82, 2.24) is 14.9 Å². The van der Waals surface area contributed by atoms with Gasteiger partial charge in [0.15, 0.2) is 0 Å². The molecule has 1 fully saturated rings. The maximum atomic E-state index is 12.5. The lowest BCUT2D eigenvalue weighted by atomic mass is 10.1. The number of nitrogens with one attached hydrogen (secondary N) is 1. The zero-order chi connectivity index (χ0) is 14.3. The third-order valence-electron chi connectivity index (χ3n) is 3.51. The molecule has 0 saturated carbocycles. The normalized spacial score (nSPS) is 19.1. The number of rotatable bonds is 1. The van der Waals surface area contributed by atoms with E-state index in [0.29, 0.717) is 23.1 Å². The first-order chi connectivity index (χ1) is 9.58. The van der Waals surface area contributed by atoms with E-state index in [2.05, 4.69) is 10.3 Å². The van der Waals surface area contributed by atoms with Gasteiger partial charge in [-0.1, -0.05) is 12.1 Å². The molecule has 1 atom stereocenters. The van der Waals surface area contributed by atoms with Crippen LogP contribution >= 0.6 is 0 Å². The van der Waals surface area contributed by atoms with E-state index in [-0.39, 0.29) is 17.9 Å². The van der Waals surface area contributed by atoms with Crippen molar-refractivity contribution in [3.63, 3.8) is 0 Å². The first-order valence-corrected chi connectivity index (χ1v) is 6.39. The first kappa shape index (κ1) is 12.5. The van der Waals surface area contributed by atoms with Crippen molar-refractivity contribution in [3.05, 3.63) is 40.4 Å². The highest BCUT2D eigenvalue weighted by molar-refractivity contribution is 5.99. The standard InChI is InChI=1S/C14H13N3O3/c1-8-15-10-5-3-2-4-9(10)14(20)17(8)11-6-7-12(18)16-13(11)19/h2-5,11H,6-7H2,1H3,(H,16,18,19)/t11-/m0/s1. The number of fused-ring (bicyclic) bond motifs is 1. The summed E-state index contributed by atoms with van der Waals surface area (Å²) in [7, 11) is 0. The molecule has 2 heterocycles. The zero-order valence-electron chi connectivity index (χ0n) is 10.9. The lowest BCUT2D eigenvalue weighted by Gasteiger charge is -2.24. The van der Waals surface area contributed by atoms with Gasteiger partial charge in [-0.05, 0) is 25.5 Å². The molecule has 0 unspecified atom stereocenters. The summed E-state index contributed by atoms with van der Waals surface area (Å²) in [5.41, 5.74) is 0.362. The number of imide groups is 1. The largest absolute Gasteiger partial charge is 0.295 e. The number of hydrogen-bond acceptors (Lipinski definition) is 4. The second-order valence-corrected chi connectivity index (χ2v) is 4.82. The first-order valence-electron chi connectivity index (χ1n) is 6.39. The number of nitrogens with zero attached hydrogens (tertiary/aromatic N) is 2. The predicted octanol–water partition coefficient (Wildman–Crippen LogP) is 0.683. The molecule has 1 N–H and O–H groups in total. The Balaban J connectivity index is 2.19. The molecule has 20 heavy (non-hydrogen) atoms. The summed E-state index contributed by atoms with van der Waals surface area (Å²) in [6.45, 7) is 1.69. The number of hydrogen-bond donors (Lipinski definition) is 1. The van der Waals surface area contributed by atoms with Crippen molar-refractivity contribution in [1.29, 1.82) is 0 Å². The summed E-state index contributed by atoms with van der Waals surface area (Å²) < 4.78 is 1.38. The summed E-state index contributed by atoms with van der Waals surface area (Å²) in [4.78, 5) is 40.0. The Hall–Kier alpha value is -2.50. The van der Waals surface area contributed by atoms with Crippen LogP contribution in [0.4, 0.5) is 0 Å². The highest BCUT2D eigenvalue weighted by Gasteiger charge is 2.30. The SMILES string of the molecule is Cc1nc2ccccc2c(=O)n1[C@H]1CCC(=O)NC1=O. The molecule has 1 aliphatic rings. The van der Waals surface area contributed by atoms with Crippen LogP contribution in [0.3, 0.4) is 0 Å². The fraction of sp³-hybridized carbons (Fsp3) is 0.286. The Kier molecular flexibility index (Phi) is 2.85. The zero-order valence-corrected chi connectivity index (χ0v) is 10.9. The van der Waals surface area contributed by atoms with Crippen LogP contribution in [-0.2, 0) is 9.59 Å². The smallest absolute Gasteiger partial charge is 0.262 e. The quantitative estimate of drug-likeness (QED) is 0.773.